The summed E-state index contributed by atoms with van der Waals surface area (Å²) in [5, 5.41) is 3.32. The molecule has 3 rings (SSSR count). The van der Waals surface area contributed by atoms with Crippen LogP contribution in [0.2, 0.25) is 0 Å². The molecule has 4 nitrogen and oxygen atoms in total. The Morgan fingerprint density at radius 2 is 2.00 bits per heavy atom. The predicted molar refractivity (Wildman–Crippen MR) is 66.8 cm³/mol. The van der Waals surface area contributed by atoms with Gasteiger partial charge in [-0.2, -0.15) is 0 Å². The number of fused-ring (bicyclic) bond motifs is 1. The van der Waals surface area contributed by atoms with E-state index in [2.05, 4.69) is 15.1 Å². The molecule has 1 N–H and O–H groups in total. The fraction of sp³-hybridized carbons (Fsp3) is 0.923. The molecule has 0 bridgehead atoms. The van der Waals surface area contributed by atoms with Crippen LogP contribution < -0.4 is 5.32 Å². The van der Waals surface area contributed by atoms with Gasteiger partial charge in [0.15, 0.2) is 0 Å². The highest BCUT2D eigenvalue weighted by Gasteiger charge is 2.31. The fourth-order valence-electron chi connectivity index (χ4n) is 3.01. The topological polar surface area (TPSA) is 35.6 Å². The van der Waals surface area contributed by atoms with Crippen LogP contribution in [0.3, 0.4) is 0 Å². The molecular formula is C13H23N3O. The summed E-state index contributed by atoms with van der Waals surface area (Å²) in [4.78, 5) is 16.7. The van der Waals surface area contributed by atoms with Gasteiger partial charge in [0.2, 0.25) is 5.91 Å². The average Bonchev–Trinajstić information content (AvgIpc) is 3.19. The summed E-state index contributed by atoms with van der Waals surface area (Å²) < 4.78 is 0. The molecule has 2 aliphatic heterocycles. The maximum absolute atomic E-state index is 12.0. The molecule has 1 unspecified atom stereocenters. The Morgan fingerprint density at radius 3 is 2.82 bits per heavy atom. The number of rotatable bonds is 3. The predicted octanol–water partition coefficient (Wildman–Crippen LogP) is 0.435. The lowest BCUT2D eigenvalue weighted by Gasteiger charge is -2.44. The molecule has 1 aliphatic carbocycles. The van der Waals surface area contributed by atoms with Gasteiger partial charge in [-0.25, -0.2) is 0 Å². The summed E-state index contributed by atoms with van der Waals surface area (Å²) in [6.45, 7) is 4.77. The molecule has 1 saturated carbocycles. The first-order chi connectivity index (χ1) is 8.33. The fourth-order valence-corrected chi connectivity index (χ4v) is 3.01. The quantitative estimate of drug-likeness (QED) is 0.773. The highest BCUT2D eigenvalue weighted by atomic mass is 16.2. The van der Waals surface area contributed by atoms with E-state index in [-0.39, 0.29) is 0 Å². The Bertz CT molecular complexity index is 290. The molecule has 1 amide bonds. The van der Waals surface area contributed by atoms with E-state index in [1.807, 2.05) is 0 Å². The van der Waals surface area contributed by atoms with Gasteiger partial charge in [-0.05, 0) is 32.2 Å². The Hall–Kier alpha value is -0.610. The largest absolute Gasteiger partial charge is 0.339 e. The van der Waals surface area contributed by atoms with Gasteiger partial charge in [0, 0.05) is 31.7 Å². The van der Waals surface area contributed by atoms with Crippen LogP contribution in [0, 0.1) is 0 Å². The van der Waals surface area contributed by atoms with Crippen molar-refractivity contribution in [3.05, 3.63) is 0 Å². The number of piperazine rings is 1. The highest BCUT2D eigenvalue weighted by Crippen LogP contribution is 2.21. The highest BCUT2D eigenvalue weighted by molar-refractivity contribution is 5.78. The maximum atomic E-state index is 12.0. The maximum Gasteiger partial charge on any atom is 0.236 e. The third-order valence-electron chi connectivity index (χ3n) is 4.31. The number of carbonyl (C=O) groups excluding carboxylic acids is 1. The summed E-state index contributed by atoms with van der Waals surface area (Å²) in [7, 11) is 0. The summed E-state index contributed by atoms with van der Waals surface area (Å²) in [5.74, 6) is 0.308. The van der Waals surface area contributed by atoms with Crippen LogP contribution in [0.25, 0.3) is 0 Å². The Morgan fingerprint density at radius 1 is 1.12 bits per heavy atom. The number of hydrogen-bond acceptors (Lipinski definition) is 3. The Balaban J connectivity index is 1.48. The molecule has 2 heterocycles. The first-order valence-electron chi connectivity index (χ1n) is 7.08. The van der Waals surface area contributed by atoms with E-state index in [1.165, 1.54) is 38.6 Å². The van der Waals surface area contributed by atoms with Crippen LogP contribution in [0.5, 0.6) is 0 Å². The first kappa shape index (κ1) is 11.5. The van der Waals surface area contributed by atoms with E-state index >= 15 is 0 Å². The van der Waals surface area contributed by atoms with Gasteiger partial charge < -0.3 is 10.2 Å². The lowest BCUT2D eigenvalue weighted by Crippen LogP contribution is -2.57. The van der Waals surface area contributed by atoms with Crippen molar-refractivity contribution >= 4 is 5.91 Å². The van der Waals surface area contributed by atoms with Gasteiger partial charge in [0.05, 0.1) is 6.54 Å². The van der Waals surface area contributed by atoms with Crippen molar-refractivity contribution in [3.8, 4) is 0 Å². The van der Waals surface area contributed by atoms with Crippen LogP contribution in [-0.2, 0) is 4.79 Å². The number of amides is 1. The minimum absolute atomic E-state index is 0.308. The van der Waals surface area contributed by atoms with E-state index in [9.17, 15) is 4.79 Å². The van der Waals surface area contributed by atoms with E-state index < -0.39 is 0 Å². The minimum Gasteiger partial charge on any atom is -0.339 e. The number of nitrogens with zero attached hydrogens (tertiary/aromatic N) is 2. The van der Waals surface area contributed by atoms with Gasteiger partial charge >= 0.3 is 0 Å². The molecule has 0 aromatic carbocycles. The van der Waals surface area contributed by atoms with Crippen LogP contribution in [0.1, 0.15) is 32.1 Å². The van der Waals surface area contributed by atoms with Crippen molar-refractivity contribution in [1.29, 1.82) is 0 Å². The van der Waals surface area contributed by atoms with Crippen molar-refractivity contribution in [1.82, 2.24) is 15.1 Å². The van der Waals surface area contributed by atoms with Crippen LogP contribution in [0.15, 0.2) is 0 Å². The summed E-state index contributed by atoms with van der Waals surface area (Å²) >= 11 is 0. The zero-order chi connectivity index (χ0) is 11.7. The molecule has 96 valence electrons. The first-order valence-corrected chi connectivity index (χ1v) is 7.08. The number of nitrogens with one attached hydrogen (secondary N) is 1. The molecule has 0 spiro atoms. The molecule has 0 aromatic heterocycles. The summed E-state index contributed by atoms with van der Waals surface area (Å²) in [5.41, 5.74) is 0. The molecule has 1 atom stereocenters. The van der Waals surface area contributed by atoms with E-state index in [0.29, 0.717) is 24.5 Å². The normalized spacial score (nSPS) is 30.1. The summed E-state index contributed by atoms with van der Waals surface area (Å²) in [6, 6.07) is 1.28. The molecule has 17 heavy (non-hydrogen) atoms. The van der Waals surface area contributed by atoms with E-state index in [0.717, 1.165) is 19.6 Å². The standard InChI is InChI=1S/C13H23N3O/c17-13(9-14-11-4-5-11)16-8-7-15-6-2-1-3-12(15)10-16/h11-12,14H,1-10H2. The Labute approximate surface area is 103 Å². The zero-order valence-electron chi connectivity index (χ0n) is 10.5. The van der Waals surface area contributed by atoms with Crippen molar-refractivity contribution in [2.75, 3.05) is 32.7 Å². The second kappa shape index (κ2) is 4.94. The van der Waals surface area contributed by atoms with Crippen LogP contribution >= 0.6 is 0 Å². The van der Waals surface area contributed by atoms with Crippen molar-refractivity contribution in [3.63, 3.8) is 0 Å². The second-order valence-electron chi connectivity index (χ2n) is 5.68. The SMILES string of the molecule is O=C(CNC1CC1)N1CCN2CCCCC2C1. The molecule has 2 saturated heterocycles. The summed E-state index contributed by atoms with van der Waals surface area (Å²) in [6.07, 6.45) is 6.46. The van der Waals surface area contributed by atoms with Crippen LogP contribution in [-0.4, -0.2) is 60.5 Å². The molecular weight excluding hydrogens is 214 g/mol. The third kappa shape index (κ3) is 2.80. The molecule has 0 aromatic rings. The van der Waals surface area contributed by atoms with Crippen molar-refractivity contribution in [2.45, 2.75) is 44.2 Å². The molecule has 4 heteroatoms. The van der Waals surface area contributed by atoms with Crippen LogP contribution in [0.4, 0.5) is 0 Å². The van der Waals surface area contributed by atoms with Gasteiger partial charge in [-0.1, -0.05) is 6.42 Å². The number of piperidine rings is 1. The minimum atomic E-state index is 0.308. The Kier molecular flexibility index (Phi) is 3.34. The average molecular weight is 237 g/mol. The molecule has 3 fully saturated rings. The van der Waals surface area contributed by atoms with Gasteiger partial charge in [-0.15, -0.1) is 0 Å². The van der Waals surface area contributed by atoms with E-state index in [1.54, 1.807) is 0 Å². The second-order valence-corrected chi connectivity index (χ2v) is 5.68. The van der Waals surface area contributed by atoms with E-state index in [4.69, 9.17) is 0 Å². The number of hydrogen-bond donors (Lipinski definition) is 1. The van der Waals surface area contributed by atoms with Gasteiger partial charge in [0.25, 0.3) is 0 Å². The van der Waals surface area contributed by atoms with Crippen molar-refractivity contribution < 1.29 is 4.79 Å². The lowest BCUT2D eigenvalue weighted by atomic mass is 9.99. The monoisotopic (exact) mass is 237 g/mol. The zero-order valence-corrected chi connectivity index (χ0v) is 10.5. The molecule has 0 radical (unpaired) electrons. The van der Waals surface area contributed by atoms with Gasteiger partial charge in [0.1, 0.15) is 0 Å². The van der Waals surface area contributed by atoms with Gasteiger partial charge in [-0.3, -0.25) is 9.69 Å². The lowest BCUT2D eigenvalue weighted by molar-refractivity contribution is -0.133. The third-order valence-corrected chi connectivity index (χ3v) is 4.31. The smallest absolute Gasteiger partial charge is 0.236 e. The molecule has 3 aliphatic rings. The number of carbonyl (C=O) groups is 1. The van der Waals surface area contributed by atoms with Crippen molar-refractivity contribution in [2.24, 2.45) is 0 Å².